The number of aromatic nitrogens is 3. The zero-order valence-electron chi connectivity index (χ0n) is 15.2. The van der Waals surface area contributed by atoms with Crippen LogP contribution in [0, 0.1) is 0 Å². The van der Waals surface area contributed by atoms with Crippen LogP contribution in [0.25, 0.3) is 0 Å². The van der Waals surface area contributed by atoms with E-state index in [-0.39, 0.29) is 5.56 Å². The molecule has 0 bridgehead atoms. The molecule has 1 aliphatic heterocycles. The number of hydrogen-bond acceptors (Lipinski definition) is 6. The quantitative estimate of drug-likeness (QED) is 0.777. The van der Waals surface area contributed by atoms with Gasteiger partial charge < -0.3 is 0 Å². The highest BCUT2D eigenvalue weighted by Crippen LogP contribution is 2.35. The van der Waals surface area contributed by atoms with Gasteiger partial charge in [-0.25, -0.2) is 9.67 Å². The molecule has 0 spiro atoms. The molecule has 0 N–H and O–H groups in total. The molecule has 26 heavy (non-hydrogen) atoms. The van der Waals surface area contributed by atoms with Gasteiger partial charge in [0.25, 0.3) is 5.56 Å². The average Bonchev–Trinajstić information content (AvgIpc) is 3.34. The Kier molecular flexibility index (Phi) is 5.77. The Hall–Kier alpha value is -1.57. The third-order valence-corrected chi connectivity index (χ3v) is 6.59. The average molecular weight is 374 g/mol. The summed E-state index contributed by atoms with van der Waals surface area (Å²) in [4.78, 5) is 21.5. The summed E-state index contributed by atoms with van der Waals surface area (Å²) < 4.78 is 1.55. The lowest BCUT2D eigenvalue weighted by Crippen LogP contribution is -2.47. The molecule has 7 heteroatoms. The minimum Gasteiger partial charge on any atom is -0.299 e. The lowest BCUT2D eigenvalue weighted by atomic mass is 10.1. The Morgan fingerprint density at radius 2 is 1.85 bits per heavy atom. The predicted octanol–water partition coefficient (Wildman–Crippen LogP) is 2.18. The van der Waals surface area contributed by atoms with Crippen molar-refractivity contribution in [3.05, 3.63) is 44.8 Å². The largest absolute Gasteiger partial charge is 0.299 e. The molecule has 1 saturated carbocycles. The number of nitrogens with zero attached hydrogens (tertiary/aromatic N) is 5. The fourth-order valence-corrected chi connectivity index (χ4v) is 4.93. The molecule has 2 fully saturated rings. The second-order valence-electron chi connectivity index (χ2n) is 7.36. The van der Waals surface area contributed by atoms with Crippen LogP contribution < -0.4 is 5.56 Å². The smallest absolute Gasteiger partial charge is 0.266 e. The van der Waals surface area contributed by atoms with Gasteiger partial charge in [0.2, 0.25) is 0 Å². The van der Waals surface area contributed by atoms with Crippen LogP contribution in [-0.4, -0.2) is 57.3 Å². The molecule has 3 heterocycles. The van der Waals surface area contributed by atoms with Gasteiger partial charge in [0.1, 0.15) is 0 Å². The summed E-state index contributed by atoms with van der Waals surface area (Å²) in [6.07, 6.45) is 7.06. The van der Waals surface area contributed by atoms with Crippen molar-refractivity contribution in [2.24, 2.45) is 0 Å². The van der Waals surface area contributed by atoms with E-state index in [9.17, 15) is 4.79 Å². The normalized spacial score (nSPS) is 20.0. The van der Waals surface area contributed by atoms with Gasteiger partial charge in [-0.05, 0) is 18.9 Å². The first-order valence-electron chi connectivity index (χ1n) is 9.69. The molecule has 1 saturated heterocycles. The summed E-state index contributed by atoms with van der Waals surface area (Å²) in [6.45, 7) is 6.73. The van der Waals surface area contributed by atoms with Gasteiger partial charge >= 0.3 is 0 Å². The highest BCUT2D eigenvalue weighted by Gasteiger charge is 2.22. The lowest BCUT2D eigenvalue weighted by molar-refractivity contribution is 0.122. The van der Waals surface area contributed by atoms with Crippen molar-refractivity contribution in [2.45, 2.75) is 44.7 Å². The fourth-order valence-electron chi connectivity index (χ4n) is 3.95. The molecule has 2 aliphatic rings. The Morgan fingerprint density at radius 1 is 1.08 bits per heavy atom. The maximum atomic E-state index is 11.7. The summed E-state index contributed by atoms with van der Waals surface area (Å²) in [7, 11) is 0. The molecule has 0 amide bonds. The third kappa shape index (κ3) is 4.39. The summed E-state index contributed by atoms with van der Waals surface area (Å²) in [6, 6.07) is 3.26. The van der Waals surface area contributed by atoms with Crippen molar-refractivity contribution in [3.63, 3.8) is 0 Å². The molecule has 6 nitrogen and oxygen atoms in total. The monoisotopic (exact) mass is 373 g/mol. The summed E-state index contributed by atoms with van der Waals surface area (Å²) in [5.74, 6) is 0.723. The van der Waals surface area contributed by atoms with Crippen molar-refractivity contribution in [1.29, 1.82) is 0 Å². The van der Waals surface area contributed by atoms with Gasteiger partial charge in [-0.3, -0.25) is 14.6 Å². The number of thiazole rings is 1. The van der Waals surface area contributed by atoms with E-state index in [1.807, 2.05) is 11.3 Å². The third-order valence-electron chi connectivity index (χ3n) is 5.54. The van der Waals surface area contributed by atoms with Crippen molar-refractivity contribution in [1.82, 2.24) is 24.6 Å². The topological polar surface area (TPSA) is 54.3 Å². The van der Waals surface area contributed by atoms with Crippen molar-refractivity contribution < 1.29 is 0 Å². The van der Waals surface area contributed by atoms with Crippen LogP contribution in [0.1, 0.15) is 42.3 Å². The lowest BCUT2D eigenvalue weighted by Gasteiger charge is -2.34. The molecular weight excluding hydrogens is 346 g/mol. The highest BCUT2D eigenvalue weighted by molar-refractivity contribution is 7.09. The molecule has 2 aromatic heterocycles. The molecule has 0 aromatic carbocycles. The molecule has 0 unspecified atom stereocenters. The summed E-state index contributed by atoms with van der Waals surface area (Å²) in [5, 5.41) is 7.74. The van der Waals surface area contributed by atoms with Crippen LogP contribution >= 0.6 is 11.3 Å². The minimum absolute atomic E-state index is 0.0206. The van der Waals surface area contributed by atoms with Gasteiger partial charge in [0.15, 0.2) is 0 Å². The van der Waals surface area contributed by atoms with Crippen LogP contribution in [0.5, 0.6) is 0 Å². The molecule has 2 aromatic rings. The molecule has 140 valence electrons. The predicted molar refractivity (Wildman–Crippen MR) is 104 cm³/mol. The Labute approximate surface area is 158 Å². The van der Waals surface area contributed by atoms with E-state index in [0.717, 1.165) is 45.2 Å². The molecular formula is C19H27N5OS. The van der Waals surface area contributed by atoms with E-state index in [2.05, 4.69) is 20.3 Å². The van der Waals surface area contributed by atoms with Crippen molar-refractivity contribution >= 4 is 11.3 Å². The standard InChI is InChI=1S/C19H27N5OS/c25-18-6-3-7-20-24(18)13-12-22-8-10-23(11-9-22)14-17-15-26-19(21-17)16-4-1-2-5-16/h3,6-7,15-16H,1-2,4-5,8-14H2. The maximum Gasteiger partial charge on any atom is 0.266 e. The van der Waals surface area contributed by atoms with Gasteiger partial charge in [-0.15, -0.1) is 11.3 Å². The second kappa shape index (κ2) is 8.41. The number of rotatable bonds is 6. The second-order valence-corrected chi connectivity index (χ2v) is 8.25. The van der Waals surface area contributed by atoms with Crippen LogP contribution in [0.4, 0.5) is 0 Å². The fraction of sp³-hybridized carbons (Fsp3) is 0.632. The van der Waals surface area contributed by atoms with Gasteiger partial charge in [-0.2, -0.15) is 5.10 Å². The van der Waals surface area contributed by atoms with E-state index in [1.54, 1.807) is 23.0 Å². The maximum absolute atomic E-state index is 11.7. The number of piperazine rings is 1. The van der Waals surface area contributed by atoms with Crippen LogP contribution in [0.3, 0.4) is 0 Å². The van der Waals surface area contributed by atoms with Gasteiger partial charge in [0.05, 0.1) is 17.2 Å². The first-order chi connectivity index (χ1) is 12.8. The zero-order chi connectivity index (χ0) is 17.8. The summed E-state index contributed by atoms with van der Waals surface area (Å²) >= 11 is 1.86. The minimum atomic E-state index is -0.0206. The zero-order valence-corrected chi connectivity index (χ0v) is 16.0. The SMILES string of the molecule is O=c1cccnn1CCN1CCN(Cc2csc(C3CCCC3)n2)CC1. The summed E-state index contributed by atoms with van der Waals surface area (Å²) in [5.41, 5.74) is 1.22. The van der Waals surface area contributed by atoms with Gasteiger partial charge in [-0.1, -0.05) is 12.8 Å². The Balaban J connectivity index is 1.22. The molecule has 0 atom stereocenters. The van der Waals surface area contributed by atoms with E-state index < -0.39 is 0 Å². The van der Waals surface area contributed by atoms with E-state index >= 15 is 0 Å². The first kappa shape index (κ1) is 17.8. The van der Waals surface area contributed by atoms with Crippen LogP contribution in [0.2, 0.25) is 0 Å². The number of hydrogen-bond donors (Lipinski definition) is 0. The van der Waals surface area contributed by atoms with E-state index in [0.29, 0.717) is 6.54 Å². The van der Waals surface area contributed by atoms with E-state index in [1.165, 1.54) is 36.4 Å². The van der Waals surface area contributed by atoms with Gasteiger partial charge in [0, 0.05) is 62.8 Å². The van der Waals surface area contributed by atoms with Crippen molar-refractivity contribution in [2.75, 3.05) is 32.7 Å². The Morgan fingerprint density at radius 3 is 2.62 bits per heavy atom. The highest BCUT2D eigenvalue weighted by atomic mass is 32.1. The molecule has 4 rings (SSSR count). The first-order valence-corrected chi connectivity index (χ1v) is 10.6. The Bertz CT molecular complexity index is 759. The molecule has 1 aliphatic carbocycles. The van der Waals surface area contributed by atoms with E-state index in [4.69, 9.17) is 4.98 Å². The van der Waals surface area contributed by atoms with Crippen molar-refractivity contribution in [3.8, 4) is 0 Å². The molecule has 0 radical (unpaired) electrons. The van der Waals surface area contributed by atoms with Crippen LogP contribution in [-0.2, 0) is 13.1 Å². The van der Waals surface area contributed by atoms with Crippen LogP contribution in [0.15, 0.2) is 28.5 Å².